The summed E-state index contributed by atoms with van der Waals surface area (Å²) in [6.45, 7) is 7.01. The first-order valence-electron chi connectivity index (χ1n) is 9.44. The average molecular weight is 431 g/mol. The fourth-order valence-corrected chi connectivity index (χ4v) is 2.53. The maximum Gasteiger partial charge on any atom is 0.343 e. The van der Waals surface area contributed by atoms with Crippen LogP contribution in [0.5, 0.6) is 0 Å². The van der Waals surface area contributed by atoms with Crippen molar-refractivity contribution in [1.29, 1.82) is 0 Å². The third-order valence-electron chi connectivity index (χ3n) is 4.24. The van der Waals surface area contributed by atoms with E-state index in [-0.39, 0.29) is 39.3 Å². The van der Waals surface area contributed by atoms with Gasteiger partial charge in [-0.15, -0.1) is 5.06 Å². The molecule has 0 aromatic heterocycles. The number of carbonyl (C=O) groups excluding carboxylic acids is 4. The zero-order valence-corrected chi connectivity index (χ0v) is 17.5. The number of rotatable bonds is 16. The second kappa shape index (κ2) is 13.1. The van der Waals surface area contributed by atoms with Gasteiger partial charge in [-0.05, 0) is 13.8 Å². The summed E-state index contributed by atoms with van der Waals surface area (Å²) in [7, 11) is 1.50. The van der Waals surface area contributed by atoms with Gasteiger partial charge in [0.05, 0.1) is 25.2 Å². The number of Topliss-reactive ketones (excluding diaryl/α,β-unsaturated/α-hetero) is 1. The van der Waals surface area contributed by atoms with Gasteiger partial charge in [0.25, 0.3) is 11.8 Å². The largest absolute Gasteiger partial charge is 0.384 e. The Kier molecular flexibility index (Phi) is 11.2. The lowest BCUT2D eigenvalue weighted by atomic mass is 9.92. The van der Waals surface area contributed by atoms with Crippen LogP contribution in [0, 0.1) is 11.3 Å². The maximum absolute atomic E-state index is 12.3. The number of amides is 2. The highest BCUT2D eigenvalue weighted by Gasteiger charge is 2.36. The molecule has 0 aromatic rings. The fraction of sp³-hybridized carbons (Fsp3) is 0.684. The molecule has 1 saturated heterocycles. The predicted octanol–water partition coefficient (Wildman–Crippen LogP) is 0.576. The molecule has 0 spiro atoms. The van der Waals surface area contributed by atoms with Crippen LogP contribution in [0.25, 0.3) is 0 Å². The molecule has 2 atom stereocenters. The van der Waals surface area contributed by atoms with Gasteiger partial charge >= 0.3 is 5.97 Å². The van der Waals surface area contributed by atoms with Crippen LogP contribution in [0.3, 0.4) is 0 Å². The maximum atomic E-state index is 12.3. The van der Waals surface area contributed by atoms with E-state index < -0.39 is 41.5 Å². The molecule has 1 aliphatic rings. The van der Waals surface area contributed by atoms with Crippen molar-refractivity contribution in [1.82, 2.24) is 5.06 Å². The van der Waals surface area contributed by atoms with Gasteiger partial charge in [-0.2, -0.15) is 4.89 Å². The first-order chi connectivity index (χ1) is 14.3. The van der Waals surface area contributed by atoms with Gasteiger partial charge in [0.15, 0.2) is 5.78 Å². The summed E-state index contributed by atoms with van der Waals surface area (Å²) in [4.78, 5) is 61.9. The number of ketones is 1. The standard InChI is InChI=1S/C19H29NO10/c1-5-26-11-19(10-25-4,13-29-28-6-2)12-27-9-15(21)14(3)18(24)30-20-16(22)7-8-17(20)23/h6,14H,2,5,7-13H2,1,3-4H3. The Balaban J connectivity index is 2.61. The third-order valence-corrected chi connectivity index (χ3v) is 4.24. The van der Waals surface area contributed by atoms with E-state index in [1.165, 1.54) is 14.0 Å². The van der Waals surface area contributed by atoms with Crippen molar-refractivity contribution in [2.45, 2.75) is 26.7 Å². The molecule has 0 bridgehead atoms. The average Bonchev–Trinajstić information content (AvgIpc) is 3.03. The number of imide groups is 1. The molecule has 11 heteroatoms. The Bertz CT molecular complexity index is 606. The Labute approximate surface area is 175 Å². The van der Waals surface area contributed by atoms with Crippen LogP contribution in [-0.4, -0.2) is 75.4 Å². The molecule has 0 radical (unpaired) electrons. The quantitative estimate of drug-likeness (QED) is 0.0855. The van der Waals surface area contributed by atoms with Gasteiger partial charge in [0.1, 0.15) is 25.4 Å². The summed E-state index contributed by atoms with van der Waals surface area (Å²) in [5, 5.41) is 0.398. The molecule has 30 heavy (non-hydrogen) atoms. The number of hydrogen-bond donors (Lipinski definition) is 0. The van der Waals surface area contributed by atoms with Crippen molar-refractivity contribution >= 4 is 23.6 Å². The minimum absolute atomic E-state index is 0.0119. The van der Waals surface area contributed by atoms with Crippen LogP contribution < -0.4 is 0 Å². The van der Waals surface area contributed by atoms with E-state index in [1.54, 1.807) is 0 Å². The molecule has 11 nitrogen and oxygen atoms in total. The molecule has 1 fully saturated rings. The Hall–Kier alpha value is -2.34. The second-order valence-corrected chi connectivity index (χ2v) is 6.77. The monoisotopic (exact) mass is 431 g/mol. The molecule has 2 amide bonds. The first-order valence-corrected chi connectivity index (χ1v) is 9.44. The van der Waals surface area contributed by atoms with Crippen molar-refractivity contribution in [3.05, 3.63) is 12.8 Å². The van der Waals surface area contributed by atoms with Crippen LogP contribution in [0.4, 0.5) is 0 Å². The molecule has 0 N–H and O–H groups in total. The normalized spacial score (nSPS) is 16.8. The Morgan fingerprint density at radius 2 is 1.77 bits per heavy atom. The van der Waals surface area contributed by atoms with Crippen LogP contribution in [0.2, 0.25) is 0 Å². The van der Waals surface area contributed by atoms with Gasteiger partial charge in [-0.1, -0.05) is 6.58 Å². The van der Waals surface area contributed by atoms with Crippen LogP contribution in [0.1, 0.15) is 26.7 Å². The Morgan fingerprint density at radius 3 is 2.33 bits per heavy atom. The van der Waals surface area contributed by atoms with E-state index in [0.29, 0.717) is 11.7 Å². The molecular formula is C19H29NO10. The highest BCUT2D eigenvalue weighted by Crippen LogP contribution is 2.21. The lowest BCUT2D eigenvalue weighted by Crippen LogP contribution is -2.42. The molecule has 0 saturated carbocycles. The lowest BCUT2D eigenvalue weighted by molar-refractivity contribution is -0.279. The minimum Gasteiger partial charge on any atom is -0.384 e. The van der Waals surface area contributed by atoms with Crippen LogP contribution in [0.15, 0.2) is 12.8 Å². The van der Waals surface area contributed by atoms with Gasteiger partial charge in [0.2, 0.25) is 0 Å². The number of methoxy groups -OCH3 is 1. The van der Waals surface area contributed by atoms with Crippen LogP contribution in [-0.2, 0) is 48.0 Å². The van der Waals surface area contributed by atoms with Crippen molar-refractivity contribution in [2.75, 3.05) is 46.8 Å². The predicted molar refractivity (Wildman–Crippen MR) is 100 cm³/mol. The summed E-state index contributed by atoms with van der Waals surface area (Å²) in [6, 6.07) is 0. The van der Waals surface area contributed by atoms with E-state index in [0.717, 1.165) is 6.26 Å². The molecular weight excluding hydrogens is 402 g/mol. The van der Waals surface area contributed by atoms with E-state index in [1.807, 2.05) is 6.92 Å². The van der Waals surface area contributed by atoms with Crippen molar-refractivity contribution in [3.8, 4) is 0 Å². The topological polar surface area (TPSA) is 127 Å². The molecule has 1 heterocycles. The SMILES string of the molecule is C=COOCC(COC)(COCC)COCC(=O)C(C)C(=O)ON1C(=O)CCC1=O. The van der Waals surface area contributed by atoms with E-state index in [9.17, 15) is 19.2 Å². The van der Waals surface area contributed by atoms with E-state index >= 15 is 0 Å². The summed E-state index contributed by atoms with van der Waals surface area (Å²) < 4.78 is 16.2. The minimum atomic E-state index is -1.23. The third kappa shape index (κ3) is 7.82. The van der Waals surface area contributed by atoms with Gasteiger partial charge in [-0.25, -0.2) is 4.79 Å². The number of nitrogens with zero attached hydrogens (tertiary/aromatic N) is 1. The number of carbonyl (C=O) groups is 4. The van der Waals surface area contributed by atoms with Crippen molar-refractivity contribution < 1.29 is 48.0 Å². The summed E-state index contributed by atoms with van der Waals surface area (Å²) in [5.74, 6) is -4.05. The van der Waals surface area contributed by atoms with E-state index in [4.69, 9.17) is 28.8 Å². The highest BCUT2D eigenvalue weighted by molar-refractivity contribution is 6.04. The number of ether oxygens (including phenoxy) is 3. The van der Waals surface area contributed by atoms with Crippen LogP contribution >= 0.6 is 0 Å². The van der Waals surface area contributed by atoms with Gasteiger partial charge in [0, 0.05) is 26.6 Å². The second-order valence-electron chi connectivity index (χ2n) is 6.77. The number of hydrogen-bond acceptors (Lipinski definition) is 10. The zero-order valence-electron chi connectivity index (χ0n) is 17.5. The molecule has 0 aliphatic carbocycles. The zero-order chi connectivity index (χ0) is 22.6. The number of hydroxylamine groups is 2. The van der Waals surface area contributed by atoms with Gasteiger partial charge < -0.3 is 23.9 Å². The van der Waals surface area contributed by atoms with Gasteiger partial charge in [-0.3, -0.25) is 14.4 Å². The smallest absolute Gasteiger partial charge is 0.343 e. The summed E-state index contributed by atoms with van der Waals surface area (Å²) in [6.07, 6.45) is 1.05. The molecule has 1 aliphatic heterocycles. The van der Waals surface area contributed by atoms with Crippen molar-refractivity contribution in [2.24, 2.45) is 11.3 Å². The van der Waals surface area contributed by atoms with E-state index in [2.05, 4.69) is 6.58 Å². The highest BCUT2D eigenvalue weighted by atomic mass is 17.2. The lowest BCUT2D eigenvalue weighted by Gasteiger charge is -2.31. The molecule has 2 unspecified atom stereocenters. The Morgan fingerprint density at radius 1 is 1.13 bits per heavy atom. The summed E-state index contributed by atoms with van der Waals surface area (Å²) in [5.41, 5.74) is -0.772. The molecule has 1 rings (SSSR count). The van der Waals surface area contributed by atoms with Crippen molar-refractivity contribution in [3.63, 3.8) is 0 Å². The first kappa shape index (κ1) is 25.7. The molecule has 170 valence electrons. The molecule has 0 aromatic carbocycles. The summed E-state index contributed by atoms with van der Waals surface area (Å²) >= 11 is 0. The fourth-order valence-electron chi connectivity index (χ4n) is 2.53.